The van der Waals surface area contributed by atoms with Gasteiger partial charge < -0.3 is 0 Å². The van der Waals surface area contributed by atoms with Crippen molar-refractivity contribution in [3.05, 3.63) is 47.5 Å². The van der Waals surface area contributed by atoms with Gasteiger partial charge in [0.05, 0.1) is 11.7 Å². The van der Waals surface area contributed by atoms with Gasteiger partial charge in [0.1, 0.15) is 11.0 Å². The normalized spacial score (nSPS) is 12.0. The summed E-state index contributed by atoms with van der Waals surface area (Å²) >= 11 is 1.30. The topological polar surface area (TPSA) is 25.8 Å². The molecular weight excluding hydrogens is 264 g/mol. The number of fused-ring (bicyclic) bond motifs is 1. The van der Waals surface area contributed by atoms with Gasteiger partial charge in [-0.05, 0) is 23.5 Å². The zero-order valence-electron chi connectivity index (χ0n) is 12.3. The first-order valence-corrected chi connectivity index (χ1v) is 7.52. The molecule has 0 bridgehead atoms. The average molecular weight is 282 g/mol. The Bertz CT molecular complexity index is 749. The van der Waals surface area contributed by atoms with Crippen LogP contribution in [0.2, 0.25) is 0 Å². The highest BCUT2D eigenvalue weighted by atomic mass is 32.1. The highest BCUT2D eigenvalue weighted by Crippen LogP contribution is 2.34. The fraction of sp³-hybridized carbons (Fsp3) is 0.294. The number of nitrogens with zero attached hydrogens (tertiary/aromatic N) is 2. The van der Waals surface area contributed by atoms with E-state index in [1.54, 1.807) is 0 Å². The van der Waals surface area contributed by atoms with Gasteiger partial charge in [0.15, 0.2) is 0 Å². The van der Waals surface area contributed by atoms with Crippen molar-refractivity contribution in [2.45, 2.75) is 33.1 Å². The lowest BCUT2D eigenvalue weighted by Gasteiger charge is -2.19. The maximum Gasteiger partial charge on any atom is 0.112 e. The highest BCUT2D eigenvalue weighted by Gasteiger charge is 2.20. The largest absolute Gasteiger partial charge is 0.173 e. The molecule has 0 unspecified atom stereocenters. The first-order chi connectivity index (χ1) is 9.47. The Hall–Kier alpha value is -1.74. The van der Waals surface area contributed by atoms with Gasteiger partial charge in [0.25, 0.3) is 0 Å². The van der Waals surface area contributed by atoms with Crippen LogP contribution in [0.1, 0.15) is 31.9 Å². The van der Waals surface area contributed by atoms with E-state index in [0.29, 0.717) is 0 Å². The Labute approximate surface area is 123 Å². The number of aryl methyl sites for hydroxylation is 1. The van der Waals surface area contributed by atoms with E-state index in [2.05, 4.69) is 72.8 Å². The molecule has 1 aromatic heterocycles. The van der Waals surface area contributed by atoms with Crippen molar-refractivity contribution in [3.63, 3.8) is 0 Å². The highest BCUT2D eigenvalue weighted by molar-refractivity contribution is 7.00. The summed E-state index contributed by atoms with van der Waals surface area (Å²) in [5, 5.41) is 0. The molecule has 102 valence electrons. The number of rotatable bonds is 1. The summed E-state index contributed by atoms with van der Waals surface area (Å²) in [6, 6.07) is 13.0. The molecule has 0 radical (unpaired) electrons. The van der Waals surface area contributed by atoms with Crippen LogP contribution in [0.4, 0.5) is 0 Å². The van der Waals surface area contributed by atoms with Crippen molar-refractivity contribution in [3.8, 4) is 11.1 Å². The van der Waals surface area contributed by atoms with Crippen molar-refractivity contribution >= 4 is 22.8 Å². The fourth-order valence-corrected chi connectivity index (χ4v) is 3.01. The van der Waals surface area contributed by atoms with Crippen LogP contribution in [-0.2, 0) is 5.41 Å². The molecule has 2 aromatic carbocycles. The van der Waals surface area contributed by atoms with Crippen molar-refractivity contribution in [2.24, 2.45) is 0 Å². The van der Waals surface area contributed by atoms with Gasteiger partial charge in [-0.1, -0.05) is 62.7 Å². The summed E-state index contributed by atoms with van der Waals surface area (Å²) in [5.41, 5.74) is 7.05. The molecule has 0 aliphatic rings. The molecule has 3 heteroatoms. The Morgan fingerprint density at radius 2 is 1.50 bits per heavy atom. The van der Waals surface area contributed by atoms with Crippen LogP contribution >= 0.6 is 11.7 Å². The molecule has 0 amide bonds. The van der Waals surface area contributed by atoms with Gasteiger partial charge in [-0.3, -0.25) is 0 Å². The van der Waals surface area contributed by atoms with E-state index < -0.39 is 0 Å². The standard InChI is InChI=1S/C17H18N2S/c1-11-5-7-12(8-6-11)13-9-10-14(17(2,3)4)16-15(13)18-20-19-16/h5-10H,1-4H3. The van der Waals surface area contributed by atoms with E-state index in [1.165, 1.54) is 34.0 Å². The monoisotopic (exact) mass is 282 g/mol. The Balaban J connectivity index is 2.24. The van der Waals surface area contributed by atoms with Crippen LogP contribution < -0.4 is 0 Å². The quantitative estimate of drug-likeness (QED) is 0.630. The summed E-state index contributed by atoms with van der Waals surface area (Å²) in [6.45, 7) is 8.75. The summed E-state index contributed by atoms with van der Waals surface area (Å²) in [7, 11) is 0. The zero-order chi connectivity index (χ0) is 14.3. The molecule has 0 saturated carbocycles. The molecule has 0 aliphatic carbocycles. The van der Waals surface area contributed by atoms with Crippen molar-refractivity contribution < 1.29 is 0 Å². The lowest BCUT2D eigenvalue weighted by atomic mass is 9.85. The Morgan fingerprint density at radius 3 is 2.15 bits per heavy atom. The van der Waals surface area contributed by atoms with E-state index in [4.69, 9.17) is 0 Å². The van der Waals surface area contributed by atoms with Crippen LogP contribution in [0.15, 0.2) is 36.4 Å². The van der Waals surface area contributed by atoms with E-state index >= 15 is 0 Å². The molecule has 20 heavy (non-hydrogen) atoms. The molecule has 1 heterocycles. The van der Waals surface area contributed by atoms with Gasteiger partial charge in [-0.25, -0.2) is 0 Å². The van der Waals surface area contributed by atoms with E-state index in [-0.39, 0.29) is 5.41 Å². The molecule has 2 nitrogen and oxygen atoms in total. The minimum atomic E-state index is 0.0831. The smallest absolute Gasteiger partial charge is 0.112 e. The SMILES string of the molecule is Cc1ccc(-c2ccc(C(C)(C)C)c3nsnc23)cc1. The summed E-state index contributed by atoms with van der Waals surface area (Å²) in [5.74, 6) is 0. The van der Waals surface area contributed by atoms with Crippen molar-refractivity contribution in [1.82, 2.24) is 8.75 Å². The molecule has 0 aliphatic heterocycles. The lowest BCUT2D eigenvalue weighted by Crippen LogP contribution is -2.11. The van der Waals surface area contributed by atoms with Crippen LogP contribution in [0.3, 0.4) is 0 Å². The first-order valence-electron chi connectivity index (χ1n) is 6.79. The van der Waals surface area contributed by atoms with Crippen molar-refractivity contribution in [2.75, 3.05) is 0 Å². The third-order valence-electron chi connectivity index (χ3n) is 3.59. The van der Waals surface area contributed by atoms with E-state index in [1.807, 2.05) is 0 Å². The predicted octanol–water partition coefficient (Wildman–Crippen LogP) is 4.96. The number of hydrogen-bond donors (Lipinski definition) is 0. The Kier molecular flexibility index (Phi) is 3.09. The maximum atomic E-state index is 4.52. The predicted molar refractivity (Wildman–Crippen MR) is 86.3 cm³/mol. The molecule has 0 atom stereocenters. The van der Waals surface area contributed by atoms with E-state index in [0.717, 1.165) is 11.0 Å². The second-order valence-corrected chi connectivity index (χ2v) is 6.77. The van der Waals surface area contributed by atoms with Crippen LogP contribution in [0.5, 0.6) is 0 Å². The fourth-order valence-electron chi connectivity index (χ4n) is 2.44. The molecule has 0 saturated heterocycles. The van der Waals surface area contributed by atoms with E-state index in [9.17, 15) is 0 Å². The number of aromatic nitrogens is 2. The van der Waals surface area contributed by atoms with Crippen LogP contribution in [-0.4, -0.2) is 8.75 Å². The van der Waals surface area contributed by atoms with Gasteiger partial charge in [0.2, 0.25) is 0 Å². The van der Waals surface area contributed by atoms with Gasteiger partial charge in [0, 0.05) is 5.56 Å². The van der Waals surface area contributed by atoms with Gasteiger partial charge in [-0.2, -0.15) is 8.75 Å². The molecule has 0 spiro atoms. The minimum absolute atomic E-state index is 0.0831. The Morgan fingerprint density at radius 1 is 0.850 bits per heavy atom. The van der Waals surface area contributed by atoms with Crippen LogP contribution in [0, 0.1) is 6.92 Å². The third-order valence-corrected chi connectivity index (χ3v) is 4.11. The molecular formula is C17H18N2S. The molecule has 3 rings (SSSR count). The number of hydrogen-bond acceptors (Lipinski definition) is 3. The summed E-state index contributed by atoms with van der Waals surface area (Å²) < 4.78 is 9.04. The summed E-state index contributed by atoms with van der Waals surface area (Å²) in [6.07, 6.45) is 0. The second kappa shape index (κ2) is 4.67. The maximum absolute atomic E-state index is 4.52. The summed E-state index contributed by atoms with van der Waals surface area (Å²) in [4.78, 5) is 0. The van der Waals surface area contributed by atoms with Crippen molar-refractivity contribution in [1.29, 1.82) is 0 Å². The average Bonchev–Trinajstić information content (AvgIpc) is 2.86. The first kappa shape index (κ1) is 13.3. The minimum Gasteiger partial charge on any atom is -0.173 e. The molecule has 0 N–H and O–H groups in total. The molecule has 3 aromatic rings. The molecule has 0 fully saturated rings. The van der Waals surface area contributed by atoms with Gasteiger partial charge in [-0.15, -0.1) is 0 Å². The third kappa shape index (κ3) is 2.22. The number of benzene rings is 2. The zero-order valence-corrected chi connectivity index (χ0v) is 13.1. The van der Waals surface area contributed by atoms with Gasteiger partial charge >= 0.3 is 0 Å². The lowest BCUT2D eigenvalue weighted by molar-refractivity contribution is 0.595. The van der Waals surface area contributed by atoms with Crippen LogP contribution in [0.25, 0.3) is 22.2 Å². The second-order valence-electron chi connectivity index (χ2n) is 6.24.